The number of hydrogen-bond acceptors (Lipinski definition) is 4. The summed E-state index contributed by atoms with van der Waals surface area (Å²) < 4.78 is 7.64. The van der Waals surface area contributed by atoms with Crippen molar-refractivity contribution in [2.75, 3.05) is 32.6 Å². The van der Waals surface area contributed by atoms with E-state index in [0.29, 0.717) is 13.0 Å². The smallest absolute Gasteiger partial charge is 0.228 e. The first-order valence-electron chi connectivity index (χ1n) is 8.60. The molecule has 0 aliphatic heterocycles. The van der Waals surface area contributed by atoms with Gasteiger partial charge in [-0.25, -0.2) is 4.98 Å². The van der Waals surface area contributed by atoms with Gasteiger partial charge in [-0.05, 0) is 62.5 Å². The molecule has 1 amide bonds. The van der Waals surface area contributed by atoms with Crippen LogP contribution in [-0.4, -0.2) is 47.4 Å². The third kappa shape index (κ3) is 4.61. The second-order valence-corrected chi connectivity index (χ2v) is 6.61. The van der Waals surface area contributed by atoms with Crippen LogP contribution in [0.3, 0.4) is 0 Å². The second-order valence-electron chi connectivity index (χ2n) is 6.61. The summed E-state index contributed by atoms with van der Waals surface area (Å²) in [7, 11) is 4.02. The summed E-state index contributed by atoms with van der Waals surface area (Å²) in [6.07, 6.45) is 5.75. The van der Waals surface area contributed by atoms with E-state index in [9.17, 15) is 4.79 Å². The van der Waals surface area contributed by atoms with Gasteiger partial charge in [0.1, 0.15) is 12.4 Å². The van der Waals surface area contributed by atoms with Crippen LogP contribution >= 0.6 is 0 Å². The van der Waals surface area contributed by atoms with Crippen LogP contribution in [0.5, 0.6) is 5.75 Å². The molecule has 0 saturated carbocycles. The molecule has 0 atom stereocenters. The molecule has 3 aromatic rings. The van der Waals surface area contributed by atoms with E-state index >= 15 is 0 Å². The van der Waals surface area contributed by atoms with Gasteiger partial charge in [-0.3, -0.25) is 4.79 Å². The van der Waals surface area contributed by atoms with Crippen molar-refractivity contribution in [3.05, 3.63) is 60.2 Å². The number of anilines is 1. The highest BCUT2D eigenvalue weighted by molar-refractivity contribution is 5.93. The maximum absolute atomic E-state index is 12.4. The molecular weight excluding hydrogens is 328 g/mol. The number of ether oxygens (including phenoxy) is 1. The largest absolute Gasteiger partial charge is 0.492 e. The lowest BCUT2D eigenvalue weighted by molar-refractivity contribution is -0.115. The summed E-state index contributed by atoms with van der Waals surface area (Å²) in [5.41, 5.74) is 3.72. The third-order valence-corrected chi connectivity index (χ3v) is 4.12. The summed E-state index contributed by atoms with van der Waals surface area (Å²) in [4.78, 5) is 18.5. The van der Waals surface area contributed by atoms with Gasteiger partial charge >= 0.3 is 0 Å². The maximum Gasteiger partial charge on any atom is 0.228 e. The number of likely N-dealkylation sites (N-methyl/N-ethyl adjacent to an activating group) is 1. The Morgan fingerprint density at radius 2 is 2.12 bits per heavy atom. The van der Waals surface area contributed by atoms with Crippen LogP contribution in [0.2, 0.25) is 0 Å². The number of nitrogens with zero attached hydrogens (tertiary/aromatic N) is 3. The number of carbonyl (C=O) groups is 1. The van der Waals surface area contributed by atoms with Gasteiger partial charge in [0.2, 0.25) is 5.91 Å². The molecule has 1 N–H and O–H groups in total. The fourth-order valence-corrected chi connectivity index (χ4v) is 2.67. The van der Waals surface area contributed by atoms with Crippen molar-refractivity contribution in [2.45, 2.75) is 13.3 Å². The van der Waals surface area contributed by atoms with Gasteiger partial charge in [-0.15, -0.1) is 0 Å². The molecule has 0 bridgehead atoms. The van der Waals surface area contributed by atoms with Crippen LogP contribution < -0.4 is 10.1 Å². The van der Waals surface area contributed by atoms with E-state index in [1.807, 2.05) is 61.9 Å². The van der Waals surface area contributed by atoms with E-state index < -0.39 is 0 Å². The molecule has 6 heteroatoms. The van der Waals surface area contributed by atoms with E-state index in [2.05, 4.69) is 15.2 Å². The minimum atomic E-state index is -0.0433. The monoisotopic (exact) mass is 352 g/mol. The molecule has 0 saturated heterocycles. The van der Waals surface area contributed by atoms with E-state index in [1.54, 1.807) is 12.5 Å². The van der Waals surface area contributed by atoms with Crippen LogP contribution in [0.15, 0.2) is 49.1 Å². The topological polar surface area (TPSA) is 58.9 Å². The van der Waals surface area contributed by atoms with Crippen molar-refractivity contribution in [2.24, 2.45) is 0 Å². The summed E-state index contributed by atoms with van der Waals surface area (Å²) in [6.45, 7) is 3.46. The molecule has 3 rings (SSSR count). The van der Waals surface area contributed by atoms with E-state index in [-0.39, 0.29) is 5.91 Å². The van der Waals surface area contributed by atoms with Crippen molar-refractivity contribution >= 4 is 17.1 Å². The van der Waals surface area contributed by atoms with Crippen molar-refractivity contribution in [3.63, 3.8) is 0 Å². The Morgan fingerprint density at radius 1 is 1.27 bits per heavy atom. The summed E-state index contributed by atoms with van der Waals surface area (Å²) in [6, 6.07) is 9.63. The Balaban J connectivity index is 1.59. The molecule has 1 aromatic carbocycles. The predicted molar refractivity (Wildman–Crippen MR) is 103 cm³/mol. The number of rotatable bonds is 7. The zero-order valence-electron chi connectivity index (χ0n) is 15.4. The van der Waals surface area contributed by atoms with Crippen molar-refractivity contribution < 1.29 is 9.53 Å². The number of aromatic nitrogens is 2. The highest BCUT2D eigenvalue weighted by atomic mass is 16.5. The highest BCUT2D eigenvalue weighted by Gasteiger charge is 2.08. The Morgan fingerprint density at radius 3 is 2.88 bits per heavy atom. The first-order chi connectivity index (χ1) is 12.5. The summed E-state index contributed by atoms with van der Waals surface area (Å²) in [5.74, 6) is 0.770. The zero-order chi connectivity index (χ0) is 18.5. The standard InChI is InChI=1S/C20H24N4O2/c1-15-10-18(26-9-8-23(2)3)4-5-19(15)22-20(25)12-16-6-7-24-14-21-13-17(24)11-16/h4-7,10-11,13-14H,8-9,12H2,1-3H3,(H,22,25). The van der Waals surface area contributed by atoms with E-state index in [0.717, 1.165) is 34.6 Å². The van der Waals surface area contributed by atoms with Gasteiger partial charge in [-0.2, -0.15) is 0 Å². The third-order valence-electron chi connectivity index (χ3n) is 4.12. The fourth-order valence-electron chi connectivity index (χ4n) is 2.67. The quantitative estimate of drug-likeness (QED) is 0.710. The molecule has 0 fully saturated rings. The second kappa shape index (κ2) is 8.01. The minimum absolute atomic E-state index is 0.0433. The van der Waals surface area contributed by atoms with Crippen LogP contribution in [0, 0.1) is 6.92 Å². The molecule has 136 valence electrons. The van der Waals surface area contributed by atoms with Crippen molar-refractivity contribution in [1.82, 2.24) is 14.3 Å². The number of aryl methyl sites for hydroxylation is 1. The first-order valence-corrected chi connectivity index (χ1v) is 8.60. The van der Waals surface area contributed by atoms with Crippen molar-refractivity contribution in [1.29, 1.82) is 0 Å². The Bertz CT molecular complexity index is 902. The SMILES string of the molecule is Cc1cc(OCCN(C)C)ccc1NC(=O)Cc1ccn2cncc2c1. The number of carbonyl (C=O) groups excluding carboxylic acids is 1. The lowest BCUT2D eigenvalue weighted by Crippen LogP contribution is -2.19. The predicted octanol–water partition coefficient (Wildman–Crippen LogP) is 2.76. The van der Waals surface area contributed by atoms with Gasteiger partial charge < -0.3 is 19.4 Å². The molecule has 26 heavy (non-hydrogen) atoms. The molecule has 0 spiro atoms. The van der Waals surface area contributed by atoms with Gasteiger partial charge in [0, 0.05) is 18.4 Å². The highest BCUT2D eigenvalue weighted by Crippen LogP contribution is 2.21. The number of benzene rings is 1. The van der Waals surface area contributed by atoms with E-state index in [4.69, 9.17) is 4.74 Å². The lowest BCUT2D eigenvalue weighted by Gasteiger charge is -2.13. The molecule has 6 nitrogen and oxygen atoms in total. The maximum atomic E-state index is 12.4. The van der Waals surface area contributed by atoms with Crippen LogP contribution in [0.4, 0.5) is 5.69 Å². The Kier molecular flexibility index (Phi) is 5.53. The van der Waals surface area contributed by atoms with Gasteiger partial charge in [-0.1, -0.05) is 0 Å². The van der Waals surface area contributed by atoms with Gasteiger partial charge in [0.15, 0.2) is 0 Å². The van der Waals surface area contributed by atoms with E-state index in [1.165, 1.54) is 0 Å². The average Bonchev–Trinajstić information content (AvgIpc) is 3.04. The number of amides is 1. The lowest BCUT2D eigenvalue weighted by atomic mass is 10.1. The minimum Gasteiger partial charge on any atom is -0.492 e. The number of imidazole rings is 1. The summed E-state index contributed by atoms with van der Waals surface area (Å²) >= 11 is 0. The molecule has 0 aliphatic carbocycles. The molecule has 2 aromatic heterocycles. The normalized spacial score (nSPS) is 11.1. The average molecular weight is 352 g/mol. The Hall–Kier alpha value is -2.86. The number of fused-ring (bicyclic) bond motifs is 1. The van der Waals surface area contributed by atoms with Crippen molar-refractivity contribution in [3.8, 4) is 5.75 Å². The molecule has 0 radical (unpaired) electrons. The Labute approximate surface area is 153 Å². The van der Waals surface area contributed by atoms with Crippen LogP contribution in [0.25, 0.3) is 5.52 Å². The van der Waals surface area contributed by atoms with Gasteiger partial charge in [0.05, 0.1) is 24.5 Å². The van der Waals surface area contributed by atoms with Crippen LogP contribution in [-0.2, 0) is 11.2 Å². The fraction of sp³-hybridized carbons (Fsp3) is 0.300. The van der Waals surface area contributed by atoms with Gasteiger partial charge in [0.25, 0.3) is 0 Å². The number of pyridine rings is 1. The molecular formula is C20H24N4O2. The zero-order valence-corrected chi connectivity index (χ0v) is 15.4. The molecule has 0 unspecified atom stereocenters. The van der Waals surface area contributed by atoms with Crippen LogP contribution in [0.1, 0.15) is 11.1 Å². The number of nitrogens with one attached hydrogen (secondary N) is 1. The molecule has 2 heterocycles. The first kappa shape index (κ1) is 17.9. The molecule has 0 aliphatic rings. The number of hydrogen-bond donors (Lipinski definition) is 1. The summed E-state index contributed by atoms with van der Waals surface area (Å²) in [5, 5.41) is 2.98.